The molecule has 0 bridgehead atoms. The third-order valence-electron chi connectivity index (χ3n) is 11.6. The van der Waals surface area contributed by atoms with Crippen molar-refractivity contribution in [3.8, 4) is 0 Å². The summed E-state index contributed by atoms with van der Waals surface area (Å²) >= 11 is 9.79. The van der Waals surface area contributed by atoms with Crippen LogP contribution in [-0.2, 0) is 65.7 Å². The molecule has 466 valence electrons. The molecule has 1 saturated heterocycles. The summed E-state index contributed by atoms with van der Waals surface area (Å²) in [5, 5.41) is -0.667. The Bertz CT molecular complexity index is 2800. The first-order chi connectivity index (χ1) is 36.9. The van der Waals surface area contributed by atoms with Crippen molar-refractivity contribution in [2.45, 2.75) is 173 Å². The lowest BCUT2D eigenvalue weighted by Crippen LogP contribution is -2.39. The Morgan fingerprint density at radius 2 is 1.08 bits per heavy atom. The van der Waals surface area contributed by atoms with Crippen molar-refractivity contribution in [1.29, 1.82) is 0 Å². The highest BCUT2D eigenvalue weighted by molar-refractivity contribution is 6.63. The van der Waals surface area contributed by atoms with E-state index in [2.05, 4.69) is 54.0 Å². The lowest BCUT2D eigenvalue weighted by Gasteiger charge is -2.28. The summed E-state index contributed by atoms with van der Waals surface area (Å²) in [6, 6.07) is 0. The molecule has 0 saturated carbocycles. The Labute approximate surface area is 509 Å². The number of nitrogens with two attached hydrogens (primary N) is 1. The number of ketones is 5. The number of aryl methyl sites for hydroxylation is 2. The summed E-state index contributed by atoms with van der Waals surface area (Å²) in [6.45, 7) is 49.7. The molecule has 2 N–H and O–H groups in total. The molecular weight excluding hydrogens is 1130 g/mol. The number of cyclic esters (lactones) is 2. The number of allylic oxidation sites excluding steroid dienone is 6. The molecule has 83 heavy (non-hydrogen) atoms. The standard InChI is InChI=1S/C13H21NO2.C13H16O3.C12H18N2O.C10H16O2.C7H11ClO.C6H8O4.C2H3ClO.ClH/c1-7-13(3,4)8-12(16)11(10(2)15)9-14(5)6;1-6-13(4,5)11-9(3)16-7-10(8(2)14)12(11)15;1-6-12(3,4)10-8(2)14(5)7-9(13)11(10)15;1-5-10(3,4)7-9(12)6-8(2)11;1-4-7(2,3)5-6(8)9;1-6(2)9-4(7)3-5(8)10-6;1-2(3)4;/h7,9H,1,8H2,2-6H3;6-7H,1H2,2-5H3;6-7H,1,13H2,2-5H3;5H,1,6-7H2,2-4H3;4H,1,5H2,2-3H3;3H2,1-2H3;1H3;1H/b11-9-;;;;;;;. The first-order valence-electron chi connectivity index (χ1n) is 25.9. The molecule has 0 amide bonds. The lowest BCUT2D eigenvalue weighted by atomic mass is 9.83. The number of hydrogen-bond acceptors (Lipinski definition) is 16. The van der Waals surface area contributed by atoms with Gasteiger partial charge in [-0.05, 0) is 74.1 Å². The predicted octanol–water partition coefficient (Wildman–Crippen LogP) is 12.4. The lowest BCUT2D eigenvalue weighted by molar-refractivity contribution is -0.231. The summed E-state index contributed by atoms with van der Waals surface area (Å²) in [5.41, 5.74) is 6.62. The van der Waals surface area contributed by atoms with Crippen LogP contribution in [0.2, 0.25) is 0 Å². The number of nitrogens with zero attached hydrogens (tertiary/aromatic N) is 2. The Balaban J connectivity index is -0.000000292. The molecule has 0 radical (unpaired) electrons. The zero-order valence-electron chi connectivity index (χ0n) is 53.0. The van der Waals surface area contributed by atoms with Gasteiger partial charge in [0.1, 0.15) is 35.6 Å². The van der Waals surface area contributed by atoms with E-state index in [-0.39, 0.29) is 114 Å². The van der Waals surface area contributed by atoms with Crippen LogP contribution in [0.5, 0.6) is 0 Å². The highest BCUT2D eigenvalue weighted by atomic mass is 35.5. The fraction of sp³-hybridized carbons (Fsp3) is 0.508. The molecule has 2 aromatic rings. The Hall–Kier alpha value is -6.56. The first-order valence-corrected chi connectivity index (χ1v) is 26.6. The number of pyridine rings is 1. The van der Waals surface area contributed by atoms with Gasteiger partial charge in [0.2, 0.25) is 15.9 Å². The SMILES string of the molecule is C=CC(C)(C)CC(=O)/C(=C\N(C)C)C(C)=O.C=CC(C)(C)CC(=O)CC(C)=O.C=CC(C)(C)CC(=O)Cl.C=CC(C)(C)c1c(C)n(C)cc(N)c1=O.C=CC(C)(C)c1c(C)occ(C(C)=O)c1=O.CC(=O)Cl.CC1(C)OC(=O)CC(=O)O1.Cl. The van der Waals surface area contributed by atoms with Crippen molar-refractivity contribution < 1.29 is 57.0 Å². The van der Waals surface area contributed by atoms with Crippen LogP contribution in [0, 0.1) is 30.1 Å². The van der Waals surface area contributed by atoms with Crippen LogP contribution >= 0.6 is 35.6 Å². The predicted molar refractivity (Wildman–Crippen MR) is 336 cm³/mol. The van der Waals surface area contributed by atoms with Crippen LogP contribution in [0.15, 0.2) is 102 Å². The van der Waals surface area contributed by atoms with E-state index in [1.165, 1.54) is 47.8 Å². The van der Waals surface area contributed by atoms with Gasteiger partial charge in [0.15, 0.2) is 22.8 Å². The van der Waals surface area contributed by atoms with Gasteiger partial charge in [-0.15, -0.1) is 45.3 Å². The van der Waals surface area contributed by atoms with E-state index in [1.807, 2.05) is 87.8 Å². The second-order valence-corrected chi connectivity index (χ2v) is 24.1. The third kappa shape index (κ3) is 35.9. The normalized spacial score (nSPS) is 12.5. The fourth-order valence-electron chi connectivity index (χ4n) is 6.66. The average Bonchev–Trinajstić information content (AvgIpc) is 3.29. The van der Waals surface area contributed by atoms with Gasteiger partial charge in [-0.1, -0.05) is 99.6 Å². The van der Waals surface area contributed by atoms with Gasteiger partial charge in [-0.3, -0.25) is 52.7 Å². The Morgan fingerprint density at radius 3 is 1.41 bits per heavy atom. The number of hydrogen-bond donors (Lipinski definition) is 1. The zero-order chi connectivity index (χ0) is 65.9. The Morgan fingerprint density at radius 1 is 0.687 bits per heavy atom. The van der Waals surface area contributed by atoms with Crippen LogP contribution in [0.4, 0.5) is 5.69 Å². The number of esters is 2. The van der Waals surface area contributed by atoms with Crippen LogP contribution in [0.1, 0.15) is 176 Å². The highest BCUT2D eigenvalue weighted by Gasteiger charge is 2.34. The van der Waals surface area contributed by atoms with E-state index >= 15 is 0 Å². The van der Waals surface area contributed by atoms with Crippen molar-refractivity contribution in [3.05, 3.63) is 136 Å². The maximum absolute atomic E-state index is 12.1. The van der Waals surface area contributed by atoms with Gasteiger partial charge < -0.3 is 29.1 Å². The van der Waals surface area contributed by atoms with Gasteiger partial charge in [-0.2, -0.15) is 0 Å². The minimum Gasteiger partial charge on any atom is -0.468 e. The number of halogens is 3. The smallest absolute Gasteiger partial charge is 0.320 e. The van der Waals surface area contributed by atoms with E-state index in [0.717, 1.165) is 11.3 Å². The number of carbonyl (C=O) groups is 9. The van der Waals surface area contributed by atoms with E-state index in [1.54, 1.807) is 68.7 Å². The van der Waals surface area contributed by atoms with Crippen LogP contribution < -0.4 is 16.6 Å². The summed E-state index contributed by atoms with van der Waals surface area (Å²) < 4.78 is 16.4. The molecule has 1 fully saturated rings. The number of Topliss-reactive ketones (excluding diaryl/α,β-unsaturated/α-hetero) is 5. The molecule has 2 aromatic heterocycles. The first kappa shape index (κ1) is 85.2. The maximum atomic E-state index is 12.1. The average molecular weight is 1220 g/mol. The zero-order valence-corrected chi connectivity index (χ0v) is 55.4. The van der Waals surface area contributed by atoms with E-state index < -0.39 is 23.1 Å². The van der Waals surface area contributed by atoms with Gasteiger partial charge in [-0.25, -0.2) is 0 Å². The highest BCUT2D eigenvalue weighted by Crippen LogP contribution is 2.28. The summed E-state index contributed by atoms with van der Waals surface area (Å²) in [5.74, 6) is -2.29. The van der Waals surface area contributed by atoms with Crippen molar-refractivity contribution >= 4 is 92.6 Å². The van der Waals surface area contributed by atoms with Crippen LogP contribution in [-0.4, -0.2) is 80.7 Å². The fourth-order valence-corrected chi connectivity index (χ4v) is 7.01. The molecule has 0 aliphatic carbocycles. The molecule has 0 spiro atoms. The summed E-state index contributed by atoms with van der Waals surface area (Å²) in [4.78, 5) is 123. The van der Waals surface area contributed by atoms with Gasteiger partial charge in [0, 0.05) is 101 Å². The van der Waals surface area contributed by atoms with Gasteiger partial charge in [0.25, 0.3) is 5.79 Å². The van der Waals surface area contributed by atoms with Gasteiger partial charge in [0.05, 0.1) is 17.7 Å². The monoisotopic (exact) mass is 1220 g/mol. The summed E-state index contributed by atoms with van der Waals surface area (Å²) in [6.07, 6.45) is 13.9. The largest absolute Gasteiger partial charge is 0.468 e. The topological polar surface area (TPSA) is 254 Å². The van der Waals surface area contributed by atoms with Crippen molar-refractivity contribution in [2.24, 2.45) is 23.3 Å². The molecule has 0 aromatic carbocycles. The molecule has 1 aliphatic heterocycles. The molecular formula is C63H94Cl3N3O14. The maximum Gasteiger partial charge on any atom is 0.320 e. The van der Waals surface area contributed by atoms with E-state index in [4.69, 9.17) is 21.8 Å². The number of aromatic nitrogens is 1. The van der Waals surface area contributed by atoms with Crippen molar-refractivity contribution in [1.82, 2.24) is 9.47 Å². The molecule has 1 aliphatic rings. The third-order valence-corrected chi connectivity index (χ3v) is 11.8. The molecule has 0 unspecified atom stereocenters. The van der Waals surface area contributed by atoms with E-state index in [0.29, 0.717) is 30.6 Å². The number of carbonyl (C=O) groups excluding carboxylic acids is 9. The van der Waals surface area contributed by atoms with Gasteiger partial charge >= 0.3 is 11.9 Å². The molecule has 17 nitrogen and oxygen atoms in total. The number of rotatable bonds is 19. The second kappa shape index (κ2) is 37.6. The molecule has 3 heterocycles. The van der Waals surface area contributed by atoms with Crippen molar-refractivity contribution in [3.63, 3.8) is 0 Å². The van der Waals surface area contributed by atoms with Crippen LogP contribution in [0.25, 0.3) is 0 Å². The second-order valence-electron chi connectivity index (χ2n) is 23.2. The summed E-state index contributed by atoms with van der Waals surface area (Å²) in [7, 11) is 5.46. The quantitative estimate of drug-likeness (QED) is 0.0261. The minimum absolute atomic E-state index is 0. The Kier molecular flexibility index (Phi) is 38.6. The number of ether oxygens (including phenoxy) is 2. The number of anilines is 1. The minimum atomic E-state index is -1.08. The number of nitrogen functional groups attached to an aromatic ring is 1. The van der Waals surface area contributed by atoms with Crippen LogP contribution in [0.3, 0.4) is 0 Å². The molecule has 0 atom stereocenters. The molecule has 3 rings (SSSR count). The van der Waals surface area contributed by atoms with Crippen molar-refractivity contribution in [2.75, 3.05) is 19.8 Å². The molecule has 20 heteroatoms. The van der Waals surface area contributed by atoms with E-state index in [9.17, 15) is 52.7 Å².